The van der Waals surface area contributed by atoms with Gasteiger partial charge in [-0.25, -0.2) is 13.8 Å². The molecule has 0 N–H and O–H groups in total. The van der Waals surface area contributed by atoms with Crippen LogP contribution in [0, 0.1) is 11.6 Å². The van der Waals surface area contributed by atoms with E-state index in [0.717, 1.165) is 23.5 Å². The van der Waals surface area contributed by atoms with E-state index >= 15 is 0 Å². The average molecular weight is 245 g/mol. The third-order valence-corrected chi connectivity index (χ3v) is 3.69. The molecule has 0 aliphatic rings. The number of hydrogen-bond acceptors (Lipinski definition) is 4. The van der Waals surface area contributed by atoms with Crippen LogP contribution in [0.4, 0.5) is 8.78 Å². The molecule has 15 heavy (non-hydrogen) atoms. The van der Waals surface area contributed by atoms with Gasteiger partial charge in [0.15, 0.2) is 16.0 Å². The summed E-state index contributed by atoms with van der Waals surface area (Å²) >= 11 is 2.23. The van der Waals surface area contributed by atoms with E-state index in [0.29, 0.717) is 4.34 Å². The second-order valence-corrected chi connectivity index (χ2v) is 4.77. The molecule has 1 aromatic carbocycles. The normalized spacial score (nSPS) is 10.9. The molecule has 6 heteroatoms. The Hall–Kier alpha value is -1.01. The lowest BCUT2D eigenvalue weighted by Gasteiger charge is -1.99. The molecule has 0 saturated carbocycles. The molecule has 0 saturated heterocycles. The molecule has 1 heterocycles. The molecule has 0 spiro atoms. The Labute approximate surface area is 92.0 Å². The van der Waals surface area contributed by atoms with Crippen LogP contribution in [0.25, 0.3) is 10.9 Å². The summed E-state index contributed by atoms with van der Waals surface area (Å²) < 4.78 is 26.0. The van der Waals surface area contributed by atoms with E-state index in [2.05, 4.69) is 4.98 Å². The minimum absolute atomic E-state index is 0.122. The summed E-state index contributed by atoms with van der Waals surface area (Å²) in [5, 5.41) is 0.122. The third-order valence-electron chi connectivity index (χ3n) is 1.82. The van der Waals surface area contributed by atoms with Crippen LogP contribution in [-0.2, 0) is 0 Å². The predicted octanol–water partition coefficient (Wildman–Crippen LogP) is 2.66. The smallest absolute Gasteiger partial charge is 0.244 e. The molecule has 0 amide bonds. The summed E-state index contributed by atoms with van der Waals surface area (Å²) in [7, 11) is 0. The van der Waals surface area contributed by atoms with E-state index in [-0.39, 0.29) is 15.6 Å². The molecular formula is C9H5F2NOS2. The third kappa shape index (κ3) is 1.87. The van der Waals surface area contributed by atoms with Crippen molar-refractivity contribution in [3.63, 3.8) is 0 Å². The zero-order valence-electron chi connectivity index (χ0n) is 7.58. The maximum atomic E-state index is 12.9. The van der Waals surface area contributed by atoms with Crippen molar-refractivity contribution < 1.29 is 8.78 Å². The standard InChI is InChI=1S/C9H5F2NOS2/c1-14-9-12-7-3-6(11)5(10)2-4(7)8(13)15-9/h2-3H,1H3. The lowest BCUT2D eigenvalue weighted by atomic mass is 10.2. The number of nitrogens with zero attached hydrogens (tertiary/aromatic N) is 1. The van der Waals surface area contributed by atoms with Crippen LogP contribution in [0.3, 0.4) is 0 Å². The zero-order chi connectivity index (χ0) is 11.0. The molecule has 0 radical (unpaired) electrons. The van der Waals surface area contributed by atoms with Crippen molar-refractivity contribution in [2.24, 2.45) is 0 Å². The Balaban J connectivity index is 2.86. The second-order valence-electron chi connectivity index (χ2n) is 2.75. The quantitative estimate of drug-likeness (QED) is 0.723. The van der Waals surface area contributed by atoms with Gasteiger partial charge in [-0.15, -0.1) is 0 Å². The molecule has 1 aromatic heterocycles. The monoisotopic (exact) mass is 245 g/mol. The average Bonchev–Trinajstić information content (AvgIpc) is 2.21. The molecule has 78 valence electrons. The number of hydrogen-bond donors (Lipinski definition) is 0. The summed E-state index contributed by atoms with van der Waals surface area (Å²) in [6.07, 6.45) is 1.77. The number of thioether (sulfide) groups is 1. The number of aromatic nitrogens is 1. The van der Waals surface area contributed by atoms with E-state index in [1.807, 2.05) is 0 Å². The maximum Gasteiger partial charge on any atom is 0.244 e. The van der Waals surface area contributed by atoms with Gasteiger partial charge in [0.25, 0.3) is 0 Å². The van der Waals surface area contributed by atoms with Gasteiger partial charge in [0, 0.05) is 6.07 Å². The second kappa shape index (κ2) is 3.86. The summed E-state index contributed by atoms with van der Waals surface area (Å²) in [5.41, 5.74) is 0.196. The number of rotatable bonds is 1. The van der Waals surface area contributed by atoms with E-state index in [9.17, 15) is 13.6 Å². The Morgan fingerprint density at radius 2 is 2.00 bits per heavy atom. The first-order chi connectivity index (χ1) is 7.11. The van der Waals surface area contributed by atoms with Gasteiger partial charge in [-0.1, -0.05) is 23.1 Å². The molecule has 0 bridgehead atoms. The number of fused-ring (bicyclic) bond motifs is 1. The minimum atomic E-state index is -1.02. The van der Waals surface area contributed by atoms with Crippen molar-refractivity contribution in [3.05, 3.63) is 33.3 Å². The summed E-state index contributed by atoms with van der Waals surface area (Å²) in [5.74, 6) is -2.01. The fourth-order valence-electron chi connectivity index (χ4n) is 1.14. The largest absolute Gasteiger partial charge is 0.277 e. The first-order valence-electron chi connectivity index (χ1n) is 3.95. The highest BCUT2D eigenvalue weighted by molar-refractivity contribution is 8.00. The van der Waals surface area contributed by atoms with Crippen LogP contribution in [0.1, 0.15) is 0 Å². The summed E-state index contributed by atoms with van der Waals surface area (Å²) in [6, 6.07) is 1.83. The molecule has 2 aromatic rings. The van der Waals surface area contributed by atoms with Gasteiger partial charge in [0.1, 0.15) is 0 Å². The Bertz CT molecular complexity index is 582. The topological polar surface area (TPSA) is 30.0 Å². The van der Waals surface area contributed by atoms with Crippen molar-refractivity contribution in [1.82, 2.24) is 4.98 Å². The summed E-state index contributed by atoms with van der Waals surface area (Å²) in [4.78, 5) is 15.5. The van der Waals surface area contributed by atoms with Crippen molar-refractivity contribution in [2.45, 2.75) is 4.34 Å². The molecule has 2 nitrogen and oxygen atoms in total. The van der Waals surface area contributed by atoms with Crippen molar-refractivity contribution >= 4 is 34.0 Å². The van der Waals surface area contributed by atoms with Gasteiger partial charge in [-0.05, 0) is 12.3 Å². The van der Waals surface area contributed by atoms with E-state index in [1.165, 1.54) is 11.8 Å². The van der Waals surface area contributed by atoms with Crippen LogP contribution in [0.2, 0.25) is 0 Å². The highest BCUT2D eigenvalue weighted by atomic mass is 32.2. The van der Waals surface area contributed by atoms with Crippen LogP contribution < -0.4 is 4.74 Å². The first-order valence-corrected chi connectivity index (χ1v) is 6.00. The Kier molecular flexibility index (Phi) is 2.70. The molecule has 0 fully saturated rings. The van der Waals surface area contributed by atoms with Gasteiger partial charge in [0.2, 0.25) is 4.74 Å². The van der Waals surface area contributed by atoms with Crippen molar-refractivity contribution in [1.29, 1.82) is 0 Å². The lowest BCUT2D eigenvalue weighted by Crippen LogP contribution is -2.00. The zero-order valence-corrected chi connectivity index (χ0v) is 9.22. The van der Waals surface area contributed by atoms with Gasteiger partial charge in [-0.3, -0.25) is 4.79 Å². The summed E-state index contributed by atoms with van der Waals surface area (Å²) in [6.45, 7) is 0. The van der Waals surface area contributed by atoms with Gasteiger partial charge >= 0.3 is 0 Å². The molecule has 0 unspecified atom stereocenters. The highest BCUT2D eigenvalue weighted by Crippen LogP contribution is 2.20. The molecule has 0 aliphatic heterocycles. The fraction of sp³-hybridized carbons (Fsp3) is 0.111. The number of benzene rings is 1. The van der Waals surface area contributed by atoms with E-state index in [1.54, 1.807) is 6.26 Å². The molecular weight excluding hydrogens is 240 g/mol. The van der Waals surface area contributed by atoms with Crippen molar-refractivity contribution in [3.8, 4) is 0 Å². The van der Waals surface area contributed by atoms with Gasteiger partial charge in [0.05, 0.1) is 10.9 Å². The molecule has 2 rings (SSSR count). The highest BCUT2D eigenvalue weighted by Gasteiger charge is 2.09. The van der Waals surface area contributed by atoms with Crippen LogP contribution in [-0.4, -0.2) is 11.2 Å². The SMILES string of the molecule is CSc1nc2cc(F)c(F)cc2c(=O)s1. The first kappa shape index (κ1) is 10.5. The molecule has 0 aliphatic carbocycles. The number of halogens is 2. The van der Waals surface area contributed by atoms with Crippen LogP contribution in [0.5, 0.6) is 0 Å². The Morgan fingerprint density at radius 3 is 2.67 bits per heavy atom. The predicted molar refractivity (Wildman–Crippen MR) is 57.6 cm³/mol. The Morgan fingerprint density at radius 1 is 1.33 bits per heavy atom. The maximum absolute atomic E-state index is 12.9. The van der Waals surface area contributed by atoms with Gasteiger partial charge < -0.3 is 0 Å². The van der Waals surface area contributed by atoms with Crippen LogP contribution >= 0.6 is 23.1 Å². The minimum Gasteiger partial charge on any atom is -0.277 e. The van der Waals surface area contributed by atoms with E-state index < -0.39 is 11.6 Å². The van der Waals surface area contributed by atoms with Crippen LogP contribution in [0.15, 0.2) is 21.3 Å². The van der Waals surface area contributed by atoms with Crippen molar-refractivity contribution in [2.75, 3.05) is 6.26 Å². The van der Waals surface area contributed by atoms with Gasteiger partial charge in [-0.2, -0.15) is 0 Å². The molecule has 0 atom stereocenters. The lowest BCUT2D eigenvalue weighted by molar-refractivity contribution is 0.510. The van der Waals surface area contributed by atoms with E-state index in [4.69, 9.17) is 0 Å². The fourth-order valence-corrected chi connectivity index (χ4v) is 2.46.